The van der Waals surface area contributed by atoms with Crippen molar-refractivity contribution in [3.8, 4) is 0 Å². The summed E-state index contributed by atoms with van der Waals surface area (Å²) in [6, 6.07) is 6.38. The molecule has 0 aliphatic heterocycles. The molecule has 120 valence electrons. The van der Waals surface area contributed by atoms with E-state index in [2.05, 4.69) is 46.4 Å². The quantitative estimate of drug-likeness (QED) is 0.582. The lowest BCUT2D eigenvalue weighted by Crippen LogP contribution is -2.11. The van der Waals surface area contributed by atoms with Gasteiger partial charge in [-0.05, 0) is 30.2 Å². The van der Waals surface area contributed by atoms with Crippen LogP contribution < -0.4 is 5.32 Å². The Balaban J connectivity index is 2.17. The maximum absolute atomic E-state index is 5.63. The van der Waals surface area contributed by atoms with E-state index in [1.54, 1.807) is 7.11 Å². The number of halogens is 1. The summed E-state index contributed by atoms with van der Waals surface area (Å²) in [5, 5.41) is 3.31. The lowest BCUT2D eigenvalue weighted by molar-refractivity contribution is 0.0335. The summed E-state index contributed by atoms with van der Waals surface area (Å²) in [6.07, 6.45) is 0.926. The number of hydrogen-bond acceptors (Lipinski definition) is 4. The molecule has 0 heterocycles. The highest BCUT2D eigenvalue weighted by Gasteiger charge is 2.02. The number of rotatable bonds is 12. The highest BCUT2D eigenvalue weighted by atomic mass is 79.9. The average Bonchev–Trinajstić information content (AvgIpc) is 2.49. The van der Waals surface area contributed by atoms with Crippen molar-refractivity contribution in [1.29, 1.82) is 0 Å². The van der Waals surface area contributed by atoms with Crippen LogP contribution in [0.5, 0.6) is 0 Å². The van der Waals surface area contributed by atoms with Crippen LogP contribution >= 0.6 is 15.9 Å². The van der Waals surface area contributed by atoms with Gasteiger partial charge in [0, 0.05) is 31.3 Å². The fourth-order valence-corrected chi connectivity index (χ4v) is 2.34. The van der Waals surface area contributed by atoms with E-state index in [0.717, 1.165) is 42.8 Å². The zero-order chi connectivity index (χ0) is 15.3. The number of methoxy groups -OCH3 is 1. The lowest BCUT2D eigenvalue weighted by Gasteiger charge is -2.09. The largest absolute Gasteiger partial charge is 0.385 e. The van der Waals surface area contributed by atoms with Gasteiger partial charge < -0.3 is 19.5 Å². The van der Waals surface area contributed by atoms with E-state index >= 15 is 0 Å². The van der Waals surface area contributed by atoms with Gasteiger partial charge in [-0.2, -0.15) is 0 Å². The van der Waals surface area contributed by atoms with E-state index in [0.29, 0.717) is 19.8 Å². The Morgan fingerprint density at radius 3 is 2.62 bits per heavy atom. The second-order valence-electron chi connectivity index (χ2n) is 4.72. The van der Waals surface area contributed by atoms with Gasteiger partial charge in [0.2, 0.25) is 0 Å². The second-order valence-corrected chi connectivity index (χ2v) is 5.57. The molecule has 4 nitrogen and oxygen atoms in total. The molecule has 0 aliphatic carbocycles. The van der Waals surface area contributed by atoms with Crippen LogP contribution in [0.25, 0.3) is 0 Å². The summed E-state index contributed by atoms with van der Waals surface area (Å²) in [4.78, 5) is 0. The minimum Gasteiger partial charge on any atom is -0.385 e. The maximum atomic E-state index is 5.63. The Hall–Kier alpha value is -0.460. The van der Waals surface area contributed by atoms with E-state index in [1.165, 1.54) is 5.56 Å². The van der Waals surface area contributed by atoms with Crippen LogP contribution in [-0.4, -0.2) is 40.1 Å². The zero-order valence-corrected chi connectivity index (χ0v) is 14.6. The molecule has 21 heavy (non-hydrogen) atoms. The van der Waals surface area contributed by atoms with Crippen molar-refractivity contribution >= 4 is 15.9 Å². The smallest absolute Gasteiger partial charge is 0.0728 e. The van der Waals surface area contributed by atoms with Gasteiger partial charge in [0.15, 0.2) is 0 Å². The molecular formula is C16H26BrNO3. The van der Waals surface area contributed by atoms with Crippen molar-refractivity contribution in [2.45, 2.75) is 26.5 Å². The maximum Gasteiger partial charge on any atom is 0.0728 e. The van der Waals surface area contributed by atoms with Crippen molar-refractivity contribution in [2.24, 2.45) is 0 Å². The molecule has 0 atom stereocenters. The van der Waals surface area contributed by atoms with E-state index in [9.17, 15) is 0 Å². The first-order valence-corrected chi connectivity index (χ1v) is 8.19. The molecule has 0 spiro atoms. The molecule has 0 saturated heterocycles. The third-order valence-corrected chi connectivity index (χ3v) is 3.70. The molecule has 0 aromatic heterocycles. The fourth-order valence-electron chi connectivity index (χ4n) is 1.79. The van der Waals surface area contributed by atoms with Crippen molar-refractivity contribution in [2.75, 3.05) is 40.1 Å². The molecule has 1 N–H and O–H groups in total. The Labute approximate surface area is 136 Å². The van der Waals surface area contributed by atoms with Gasteiger partial charge in [-0.25, -0.2) is 0 Å². The molecule has 5 heteroatoms. The monoisotopic (exact) mass is 359 g/mol. The minimum atomic E-state index is 0.601. The molecule has 0 aliphatic rings. The Morgan fingerprint density at radius 2 is 1.90 bits per heavy atom. The molecule has 0 bridgehead atoms. The van der Waals surface area contributed by atoms with Crippen LogP contribution in [0.1, 0.15) is 24.5 Å². The SMILES string of the molecule is CCNCc1ccc(COCCOCCCOC)c(Br)c1. The lowest BCUT2D eigenvalue weighted by atomic mass is 10.1. The molecule has 0 saturated carbocycles. The van der Waals surface area contributed by atoms with Crippen LogP contribution in [0.2, 0.25) is 0 Å². The zero-order valence-electron chi connectivity index (χ0n) is 13.0. The standard InChI is InChI=1S/C16H26BrNO3/c1-3-18-12-14-5-6-15(16(17)11-14)13-21-10-9-20-8-4-7-19-2/h5-6,11,18H,3-4,7-10,12-13H2,1-2H3. The summed E-state index contributed by atoms with van der Waals surface area (Å²) in [7, 11) is 1.70. The second kappa shape index (κ2) is 12.1. The van der Waals surface area contributed by atoms with Gasteiger partial charge in [0.05, 0.1) is 19.8 Å². The number of benzene rings is 1. The molecule has 1 rings (SSSR count). The van der Waals surface area contributed by atoms with Crippen LogP contribution in [0.4, 0.5) is 0 Å². The highest BCUT2D eigenvalue weighted by molar-refractivity contribution is 9.10. The topological polar surface area (TPSA) is 39.7 Å². The predicted octanol–water partition coefficient (Wildman–Crippen LogP) is 3.13. The van der Waals surface area contributed by atoms with Crippen molar-refractivity contribution in [1.82, 2.24) is 5.32 Å². The molecule has 0 amide bonds. The van der Waals surface area contributed by atoms with E-state index < -0.39 is 0 Å². The van der Waals surface area contributed by atoms with Crippen LogP contribution in [0, 0.1) is 0 Å². The van der Waals surface area contributed by atoms with Gasteiger partial charge in [0.25, 0.3) is 0 Å². The average molecular weight is 360 g/mol. The third-order valence-electron chi connectivity index (χ3n) is 2.96. The van der Waals surface area contributed by atoms with E-state index in [-0.39, 0.29) is 0 Å². The van der Waals surface area contributed by atoms with Gasteiger partial charge in [-0.1, -0.05) is 35.0 Å². The predicted molar refractivity (Wildman–Crippen MR) is 88.5 cm³/mol. The van der Waals surface area contributed by atoms with Crippen LogP contribution in [-0.2, 0) is 27.4 Å². The Morgan fingerprint density at radius 1 is 1.10 bits per heavy atom. The summed E-state index contributed by atoms with van der Waals surface area (Å²) in [5.41, 5.74) is 2.43. The number of ether oxygens (including phenoxy) is 3. The first-order valence-electron chi connectivity index (χ1n) is 7.40. The molecular weight excluding hydrogens is 334 g/mol. The summed E-state index contributed by atoms with van der Waals surface area (Å²) in [5.74, 6) is 0. The van der Waals surface area contributed by atoms with E-state index in [4.69, 9.17) is 14.2 Å². The third kappa shape index (κ3) is 8.53. The molecule has 0 radical (unpaired) electrons. The Kier molecular flexibility index (Phi) is 10.7. The summed E-state index contributed by atoms with van der Waals surface area (Å²) < 4.78 is 17.1. The summed E-state index contributed by atoms with van der Waals surface area (Å²) >= 11 is 3.60. The van der Waals surface area contributed by atoms with Crippen molar-refractivity contribution in [3.05, 3.63) is 33.8 Å². The van der Waals surface area contributed by atoms with Crippen LogP contribution in [0.15, 0.2) is 22.7 Å². The normalized spacial score (nSPS) is 11.0. The molecule has 1 aromatic rings. The number of hydrogen-bond donors (Lipinski definition) is 1. The fraction of sp³-hybridized carbons (Fsp3) is 0.625. The molecule has 0 unspecified atom stereocenters. The van der Waals surface area contributed by atoms with E-state index in [1.807, 2.05) is 0 Å². The minimum absolute atomic E-state index is 0.601. The Bertz CT molecular complexity index is 388. The molecule has 0 fully saturated rings. The van der Waals surface area contributed by atoms with Crippen molar-refractivity contribution in [3.63, 3.8) is 0 Å². The first-order chi connectivity index (χ1) is 10.3. The van der Waals surface area contributed by atoms with Gasteiger partial charge in [0.1, 0.15) is 0 Å². The van der Waals surface area contributed by atoms with Crippen LogP contribution in [0.3, 0.4) is 0 Å². The van der Waals surface area contributed by atoms with Crippen molar-refractivity contribution < 1.29 is 14.2 Å². The number of nitrogens with one attached hydrogen (secondary N) is 1. The van der Waals surface area contributed by atoms with Gasteiger partial charge in [-0.15, -0.1) is 0 Å². The van der Waals surface area contributed by atoms with Gasteiger partial charge in [-0.3, -0.25) is 0 Å². The molecule has 1 aromatic carbocycles. The summed E-state index contributed by atoms with van der Waals surface area (Å²) in [6.45, 7) is 7.28. The highest BCUT2D eigenvalue weighted by Crippen LogP contribution is 2.19. The van der Waals surface area contributed by atoms with Gasteiger partial charge >= 0.3 is 0 Å². The first kappa shape index (κ1) is 18.6.